The van der Waals surface area contributed by atoms with Gasteiger partial charge in [-0.1, -0.05) is 17.3 Å². The Morgan fingerprint density at radius 2 is 1.90 bits per heavy atom. The smallest absolute Gasteiger partial charge is 0.231 e. The lowest BCUT2D eigenvalue weighted by Crippen LogP contribution is -1.91. The number of hydrogen-bond donors (Lipinski definition) is 1. The first kappa shape index (κ1) is 13.3. The van der Waals surface area contributed by atoms with Crippen LogP contribution in [0.15, 0.2) is 47.0 Å². The van der Waals surface area contributed by atoms with Gasteiger partial charge in [0.2, 0.25) is 11.7 Å². The van der Waals surface area contributed by atoms with Crippen molar-refractivity contribution in [1.82, 2.24) is 10.1 Å². The predicted octanol–water partition coefficient (Wildman–Crippen LogP) is 3.36. The van der Waals surface area contributed by atoms with E-state index in [0.717, 1.165) is 16.7 Å². The van der Waals surface area contributed by atoms with Crippen LogP contribution in [0.2, 0.25) is 0 Å². The summed E-state index contributed by atoms with van der Waals surface area (Å²) in [6.45, 7) is 1.81. The molecule has 0 saturated heterocycles. The fraction of sp³-hybridized carbons (Fsp3) is 0.125. The zero-order chi connectivity index (χ0) is 14.8. The van der Waals surface area contributed by atoms with Crippen molar-refractivity contribution in [2.45, 2.75) is 13.3 Å². The number of nitrogens with two attached hydrogens (primary N) is 1. The SMILES string of the molecule is Cc1cc(F)ccc1-c1noc(Cc2ccc(N)cc2)n1. The van der Waals surface area contributed by atoms with Crippen molar-refractivity contribution in [3.8, 4) is 11.4 Å². The Kier molecular flexibility index (Phi) is 3.39. The molecule has 0 spiro atoms. The molecule has 0 amide bonds. The van der Waals surface area contributed by atoms with Gasteiger partial charge in [0.25, 0.3) is 0 Å². The Hall–Kier alpha value is -2.69. The minimum atomic E-state index is -0.276. The monoisotopic (exact) mass is 283 g/mol. The summed E-state index contributed by atoms with van der Waals surface area (Å²) >= 11 is 0. The van der Waals surface area contributed by atoms with E-state index >= 15 is 0 Å². The molecule has 3 rings (SSSR count). The van der Waals surface area contributed by atoms with Crippen LogP contribution in [0.3, 0.4) is 0 Å². The van der Waals surface area contributed by atoms with E-state index in [4.69, 9.17) is 10.3 Å². The molecule has 21 heavy (non-hydrogen) atoms. The first-order valence-electron chi connectivity index (χ1n) is 6.55. The summed E-state index contributed by atoms with van der Waals surface area (Å²) in [7, 11) is 0. The first-order chi connectivity index (χ1) is 10.1. The number of nitrogens with zero attached hydrogens (tertiary/aromatic N) is 2. The predicted molar refractivity (Wildman–Crippen MR) is 78.1 cm³/mol. The molecule has 0 saturated carbocycles. The summed E-state index contributed by atoms with van der Waals surface area (Å²) in [4.78, 5) is 4.36. The highest BCUT2D eigenvalue weighted by atomic mass is 19.1. The van der Waals surface area contributed by atoms with E-state index in [1.54, 1.807) is 6.07 Å². The van der Waals surface area contributed by atoms with E-state index in [1.165, 1.54) is 12.1 Å². The third-order valence-corrected chi connectivity index (χ3v) is 3.23. The normalized spacial score (nSPS) is 10.8. The van der Waals surface area contributed by atoms with Gasteiger partial charge in [-0.3, -0.25) is 0 Å². The average Bonchev–Trinajstić information content (AvgIpc) is 2.90. The van der Waals surface area contributed by atoms with Crippen LogP contribution in [0.1, 0.15) is 17.0 Å². The summed E-state index contributed by atoms with van der Waals surface area (Å²) < 4.78 is 18.4. The number of aryl methyl sites for hydroxylation is 1. The summed E-state index contributed by atoms with van der Waals surface area (Å²) in [6.07, 6.45) is 0.535. The third-order valence-electron chi connectivity index (χ3n) is 3.23. The zero-order valence-electron chi connectivity index (χ0n) is 11.5. The molecule has 1 heterocycles. The molecule has 0 fully saturated rings. The summed E-state index contributed by atoms with van der Waals surface area (Å²) in [5.74, 6) is 0.707. The van der Waals surface area contributed by atoms with Gasteiger partial charge in [-0.15, -0.1) is 0 Å². The highest BCUT2D eigenvalue weighted by Crippen LogP contribution is 2.22. The van der Waals surface area contributed by atoms with Gasteiger partial charge in [-0.25, -0.2) is 4.39 Å². The molecule has 0 atom stereocenters. The molecule has 0 aliphatic heterocycles. The number of hydrogen-bond acceptors (Lipinski definition) is 4. The molecule has 2 N–H and O–H groups in total. The Labute approximate surface area is 121 Å². The van der Waals surface area contributed by atoms with Crippen LogP contribution in [0.4, 0.5) is 10.1 Å². The standard InChI is InChI=1S/C16H14FN3O/c1-10-8-12(17)4-7-14(10)16-19-15(21-20-16)9-11-2-5-13(18)6-3-11/h2-8H,9,18H2,1H3. The topological polar surface area (TPSA) is 64.9 Å². The number of halogens is 1. The van der Waals surface area contributed by atoms with Crippen LogP contribution < -0.4 is 5.73 Å². The van der Waals surface area contributed by atoms with Crippen LogP contribution in [0, 0.1) is 12.7 Å². The Balaban J connectivity index is 1.84. The summed E-state index contributed by atoms with van der Waals surface area (Å²) in [5, 5.41) is 3.96. The molecule has 3 aromatic rings. The number of nitrogen functional groups attached to an aromatic ring is 1. The van der Waals surface area contributed by atoms with Crippen molar-refractivity contribution < 1.29 is 8.91 Å². The van der Waals surface area contributed by atoms with Gasteiger partial charge >= 0.3 is 0 Å². The molecule has 0 aliphatic rings. The molecule has 0 radical (unpaired) electrons. The maximum Gasteiger partial charge on any atom is 0.231 e. The van der Waals surface area contributed by atoms with Crippen molar-refractivity contribution >= 4 is 5.69 Å². The van der Waals surface area contributed by atoms with Crippen LogP contribution in [0.25, 0.3) is 11.4 Å². The van der Waals surface area contributed by atoms with Crippen LogP contribution in [-0.4, -0.2) is 10.1 Å². The molecule has 0 bridgehead atoms. The fourth-order valence-corrected chi connectivity index (χ4v) is 2.12. The number of aromatic nitrogens is 2. The second-order valence-electron chi connectivity index (χ2n) is 4.89. The lowest BCUT2D eigenvalue weighted by Gasteiger charge is -2.00. The van der Waals surface area contributed by atoms with Crippen molar-refractivity contribution in [2.75, 3.05) is 5.73 Å². The van der Waals surface area contributed by atoms with Crippen LogP contribution in [-0.2, 0) is 6.42 Å². The molecular formula is C16H14FN3O. The maximum atomic E-state index is 13.1. The second kappa shape index (κ2) is 5.36. The average molecular weight is 283 g/mol. The van der Waals surface area contributed by atoms with Gasteiger partial charge in [0.15, 0.2) is 0 Å². The van der Waals surface area contributed by atoms with Crippen LogP contribution in [0.5, 0.6) is 0 Å². The van der Waals surface area contributed by atoms with E-state index in [9.17, 15) is 4.39 Å². The van der Waals surface area contributed by atoms with Crippen molar-refractivity contribution in [1.29, 1.82) is 0 Å². The number of anilines is 1. The van der Waals surface area contributed by atoms with Gasteiger partial charge in [0, 0.05) is 11.3 Å². The molecule has 0 aliphatic carbocycles. The Bertz CT molecular complexity index is 765. The summed E-state index contributed by atoms with van der Waals surface area (Å²) in [6, 6.07) is 12.0. The van der Waals surface area contributed by atoms with Gasteiger partial charge in [0.1, 0.15) is 5.82 Å². The third kappa shape index (κ3) is 2.91. The Morgan fingerprint density at radius 1 is 1.14 bits per heavy atom. The second-order valence-corrected chi connectivity index (χ2v) is 4.89. The highest BCUT2D eigenvalue weighted by molar-refractivity contribution is 5.59. The quantitative estimate of drug-likeness (QED) is 0.748. The van der Waals surface area contributed by atoms with E-state index in [0.29, 0.717) is 23.8 Å². The highest BCUT2D eigenvalue weighted by Gasteiger charge is 2.11. The molecule has 1 aromatic heterocycles. The van der Waals surface area contributed by atoms with Gasteiger partial charge < -0.3 is 10.3 Å². The molecule has 106 valence electrons. The van der Waals surface area contributed by atoms with Crippen molar-refractivity contribution in [2.24, 2.45) is 0 Å². The largest absolute Gasteiger partial charge is 0.399 e. The lowest BCUT2D eigenvalue weighted by molar-refractivity contribution is 0.385. The molecule has 2 aromatic carbocycles. The van der Waals surface area contributed by atoms with Gasteiger partial charge in [-0.2, -0.15) is 4.98 Å². The summed E-state index contributed by atoms with van der Waals surface area (Å²) in [5.41, 5.74) is 8.94. The number of rotatable bonds is 3. The molecule has 0 unspecified atom stereocenters. The molecule has 4 nitrogen and oxygen atoms in total. The lowest BCUT2D eigenvalue weighted by atomic mass is 10.1. The van der Waals surface area contributed by atoms with Gasteiger partial charge in [-0.05, 0) is 48.4 Å². The molecule has 5 heteroatoms. The van der Waals surface area contributed by atoms with E-state index in [-0.39, 0.29) is 5.82 Å². The maximum absolute atomic E-state index is 13.1. The zero-order valence-corrected chi connectivity index (χ0v) is 11.5. The van der Waals surface area contributed by atoms with E-state index in [2.05, 4.69) is 10.1 Å². The van der Waals surface area contributed by atoms with E-state index < -0.39 is 0 Å². The minimum Gasteiger partial charge on any atom is -0.399 e. The van der Waals surface area contributed by atoms with Gasteiger partial charge in [0.05, 0.1) is 6.42 Å². The van der Waals surface area contributed by atoms with Crippen molar-refractivity contribution in [3.63, 3.8) is 0 Å². The molecular weight excluding hydrogens is 269 g/mol. The fourth-order valence-electron chi connectivity index (χ4n) is 2.12. The number of benzene rings is 2. The van der Waals surface area contributed by atoms with Crippen molar-refractivity contribution in [3.05, 3.63) is 65.3 Å². The minimum absolute atomic E-state index is 0.276. The van der Waals surface area contributed by atoms with Crippen LogP contribution >= 0.6 is 0 Å². The van der Waals surface area contributed by atoms with E-state index in [1.807, 2.05) is 31.2 Å². The Morgan fingerprint density at radius 3 is 2.62 bits per heavy atom. The first-order valence-corrected chi connectivity index (χ1v) is 6.55.